The second kappa shape index (κ2) is 6.50. The van der Waals surface area contributed by atoms with E-state index in [1.54, 1.807) is 6.20 Å². The summed E-state index contributed by atoms with van der Waals surface area (Å²) in [4.78, 5) is 9.75. The van der Waals surface area contributed by atoms with Gasteiger partial charge >= 0.3 is 0 Å². The molecule has 0 aliphatic rings. The molecule has 0 unspecified atom stereocenters. The Balaban J connectivity index is 1.63. The fourth-order valence-corrected chi connectivity index (χ4v) is 3.57. The minimum atomic E-state index is 0.559. The molecule has 0 saturated heterocycles. The van der Waals surface area contributed by atoms with E-state index < -0.39 is 0 Å². The number of rotatable bonds is 4. The van der Waals surface area contributed by atoms with Crippen molar-refractivity contribution < 1.29 is 4.42 Å². The Hall–Kier alpha value is -2.37. The van der Waals surface area contributed by atoms with Gasteiger partial charge in [-0.15, -0.1) is 11.3 Å². The molecule has 25 heavy (non-hydrogen) atoms. The Morgan fingerprint density at radius 2 is 2.04 bits per heavy atom. The third-order valence-electron chi connectivity index (χ3n) is 4.01. The lowest BCUT2D eigenvalue weighted by Crippen LogP contribution is -1.99. The third-order valence-corrected chi connectivity index (χ3v) is 5.12. The van der Waals surface area contributed by atoms with E-state index in [9.17, 15) is 0 Å². The summed E-state index contributed by atoms with van der Waals surface area (Å²) in [5, 5.41) is 3.44. The van der Waals surface area contributed by atoms with E-state index in [-0.39, 0.29) is 0 Å². The average molecular weight is 370 g/mol. The zero-order valence-corrected chi connectivity index (χ0v) is 15.4. The lowest BCUT2D eigenvalue weighted by atomic mass is 10.1. The molecule has 4 nitrogen and oxygen atoms in total. The number of anilines is 1. The van der Waals surface area contributed by atoms with Gasteiger partial charge in [0.25, 0.3) is 0 Å². The van der Waals surface area contributed by atoms with Gasteiger partial charge in [0.15, 0.2) is 10.0 Å². The summed E-state index contributed by atoms with van der Waals surface area (Å²) in [6, 6.07) is 12.2. The van der Waals surface area contributed by atoms with E-state index in [2.05, 4.69) is 34.3 Å². The summed E-state index contributed by atoms with van der Waals surface area (Å²) in [6.45, 7) is 4.80. The lowest BCUT2D eigenvalue weighted by molar-refractivity contribution is 0.619. The minimum Gasteiger partial charge on any atom is -0.436 e. The van der Waals surface area contributed by atoms with Crippen LogP contribution in [-0.2, 0) is 6.54 Å². The number of nitrogens with zero attached hydrogens (tertiary/aromatic N) is 2. The number of nitrogens with one attached hydrogen (secondary N) is 1. The molecule has 4 rings (SSSR count). The van der Waals surface area contributed by atoms with E-state index in [1.807, 2.05) is 31.2 Å². The molecule has 2 aromatic heterocycles. The van der Waals surface area contributed by atoms with Crippen LogP contribution in [0.1, 0.15) is 16.0 Å². The molecule has 0 aliphatic heterocycles. The summed E-state index contributed by atoms with van der Waals surface area (Å²) in [6.07, 6.45) is 1.79. The van der Waals surface area contributed by atoms with Gasteiger partial charge in [-0.1, -0.05) is 23.7 Å². The average Bonchev–Trinajstić information content (AvgIpc) is 3.19. The molecule has 0 saturated carbocycles. The fraction of sp³-hybridized carbons (Fsp3) is 0.158. The van der Waals surface area contributed by atoms with Crippen LogP contribution in [0.25, 0.3) is 22.6 Å². The van der Waals surface area contributed by atoms with Crippen LogP contribution in [0.2, 0.25) is 4.47 Å². The van der Waals surface area contributed by atoms with Crippen LogP contribution in [0.3, 0.4) is 0 Å². The topological polar surface area (TPSA) is 51.0 Å². The molecular weight excluding hydrogens is 354 g/mol. The SMILES string of the molecule is Cc1ccc2nc(-c3ccc(C)c(NCc4cnc(Cl)s4)c3)oc2c1. The summed E-state index contributed by atoms with van der Waals surface area (Å²) < 4.78 is 6.49. The molecule has 2 heterocycles. The van der Waals surface area contributed by atoms with Crippen molar-refractivity contribution in [1.29, 1.82) is 0 Å². The van der Waals surface area contributed by atoms with Crippen LogP contribution in [0.5, 0.6) is 0 Å². The van der Waals surface area contributed by atoms with Gasteiger partial charge in [0.2, 0.25) is 5.89 Å². The van der Waals surface area contributed by atoms with Crippen LogP contribution in [0.4, 0.5) is 5.69 Å². The van der Waals surface area contributed by atoms with Gasteiger partial charge in [0, 0.05) is 22.3 Å². The highest BCUT2D eigenvalue weighted by atomic mass is 35.5. The summed E-state index contributed by atoms with van der Waals surface area (Å²) >= 11 is 7.37. The summed E-state index contributed by atoms with van der Waals surface area (Å²) in [5.74, 6) is 0.629. The molecule has 126 valence electrons. The predicted molar refractivity (Wildman–Crippen MR) is 103 cm³/mol. The van der Waals surface area contributed by atoms with Crippen LogP contribution in [0.15, 0.2) is 47.0 Å². The van der Waals surface area contributed by atoms with Crippen molar-refractivity contribution in [2.24, 2.45) is 0 Å². The van der Waals surface area contributed by atoms with E-state index in [0.717, 1.165) is 38.4 Å². The lowest BCUT2D eigenvalue weighted by Gasteiger charge is -2.09. The first-order valence-electron chi connectivity index (χ1n) is 7.91. The highest BCUT2D eigenvalue weighted by Gasteiger charge is 2.10. The Morgan fingerprint density at radius 1 is 1.16 bits per heavy atom. The number of benzene rings is 2. The zero-order chi connectivity index (χ0) is 17.4. The van der Waals surface area contributed by atoms with E-state index in [4.69, 9.17) is 16.0 Å². The highest BCUT2D eigenvalue weighted by molar-refractivity contribution is 7.15. The first-order chi connectivity index (χ1) is 12.1. The van der Waals surface area contributed by atoms with Gasteiger partial charge in [-0.3, -0.25) is 0 Å². The largest absolute Gasteiger partial charge is 0.436 e. The van der Waals surface area contributed by atoms with Crippen LogP contribution >= 0.6 is 22.9 Å². The number of thiazole rings is 1. The maximum Gasteiger partial charge on any atom is 0.227 e. The maximum absolute atomic E-state index is 5.93. The Bertz CT molecular complexity index is 1050. The second-order valence-electron chi connectivity index (χ2n) is 5.95. The minimum absolute atomic E-state index is 0.559. The molecule has 2 aromatic carbocycles. The standard InChI is InChI=1S/C19H16ClN3OS/c1-11-3-6-15-17(7-11)24-18(23-15)13-5-4-12(2)16(8-13)21-9-14-10-22-19(20)25-14/h3-8,10,21H,9H2,1-2H3. The second-order valence-corrected chi connectivity index (χ2v) is 7.65. The first-order valence-corrected chi connectivity index (χ1v) is 9.10. The third kappa shape index (κ3) is 3.38. The molecule has 1 N–H and O–H groups in total. The maximum atomic E-state index is 5.93. The number of fused-ring (bicyclic) bond motifs is 1. The van der Waals surface area contributed by atoms with Crippen molar-refractivity contribution >= 4 is 39.7 Å². The molecule has 0 bridgehead atoms. The molecular formula is C19H16ClN3OS. The van der Waals surface area contributed by atoms with Crippen molar-refractivity contribution in [3.8, 4) is 11.5 Å². The van der Waals surface area contributed by atoms with Gasteiger partial charge in [-0.25, -0.2) is 9.97 Å². The van der Waals surface area contributed by atoms with Crippen molar-refractivity contribution in [2.75, 3.05) is 5.32 Å². The highest BCUT2D eigenvalue weighted by Crippen LogP contribution is 2.29. The van der Waals surface area contributed by atoms with Gasteiger partial charge in [-0.2, -0.15) is 0 Å². The van der Waals surface area contributed by atoms with Crippen molar-refractivity contribution in [2.45, 2.75) is 20.4 Å². The van der Waals surface area contributed by atoms with Crippen LogP contribution < -0.4 is 5.32 Å². The number of aryl methyl sites for hydroxylation is 2. The molecule has 0 radical (unpaired) electrons. The van der Waals surface area contributed by atoms with Crippen LogP contribution in [-0.4, -0.2) is 9.97 Å². The Kier molecular flexibility index (Phi) is 4.19. The molecule has 0 aliphatic carbocycles. The molecule has 0 spiro atoms. The van der Waals surface area contributed by atoms with Gasteiger partial charge < -0.3 is 9.73 Å². The Morgan fingerprint density at radius 3 is 2.84 bits per heavy atom. The number of halogens is 1. The van der Waals surface area contributed by atoms with Gasteiger partial charge in [0.05, 0.1) is 6.54 Å². The van der Waals surface area contributed by atoms with Crippen molar-refractivity contribution in [1.82, 2.24) is 9.97 Å². The van der Waals surface area contributed by atoms with Crippen molar-refractivity contribution in [3.05, 3.63) is 63.1 Å². The molecule has 0 fully saturated rings. The molecule has 0 atom stereocenters. The quantitative estimate of drug-likeness (QED) is 0.491. The molecule has 6 heteroatoms. The van der Waals surface area contributed by atoms with E-state index >= 15 is 0 Å². The van der Waals surface area contributed by atoms with E-state index in [0.29, 0.717) is 16.9 Å². The van der Waals surface area contributed by atoms with Crippen LogP contribution in [0, 0.1) is 13.8 Å². The first kappa shape index (κ1) is 16.1. The fourth-order valence-electron chi connectivity index (χ4n) is 2.65. The predicted octanol–water partition coefficient (Wildman–Crippen LogP) is 5.83. The zero-order valence-electron chi connectivity index (χ0n) is 13.8. The van der Waals surface area contributed by atoms with E-state index in [1.165, 1.54) is 11.3 Å². The number of oxazole rings is 1. The molecule has 0 amide bonds. The number of hydrogen-bond acceptors (Lipinski definition) is 5. The smallest absolute Gasteiger partial charge is 0.227 e. The van der Waals surface area contributed by atoms with Crippen molar-refractivity contribution in [3.63, 3.8) is 0 Å². The normalized spacial score (nSPS) is 11.2. The molecule has 4 aromatic rings. The number of hydrogen-bond donors (Lipinski definition) is 1. The van der Waals surface area contributed by atoms with Gasteiger partial charge in [-0.05, 0) is 49.2 Å². The summed E-state index contributed by atoms with van der Waals surface area (Å²) in [7, 11) is 0. The number of aromatic nitrogens is 2. The Labute approximate surface area is 154 Å². The monoisotopic (exact) mass is 369 g/mol. The summed E-state index contributed by atoms with van der Waals surface area (Å²) in [5.41, 5.74) is 5.99. The van der Waals surface area contributed by atoms with Gasteiger partial charge in [0.1, 0.15) is 5.52 Å².